The Hall–Kier alpha value is -0.600. The van der Waals surface area contributed by atoms with Crippen LogP contribution in [0.3, 0.4) is 0 Å². The molecule has 8 unspecified atom stereocenters. The normalized spacial score (nSPS) is 53.0. The minimum atomic E-state index is -1.45. The Bertz CT molecular complexity index is 728. The summed E-state index contributed by atoms with van der Waals surface area (Å²) in [7, 11) is 3.17. The summed E-state index contributed by atoms with van der Waals surface area (Å²) in [5.41, 5.74) is 18.4. The lowest BCUT2D eigenvalue weighted by molar-refractivity contribution is -0.373. The van der Waals surface area contributed by atoms with E-state index in [0.29, 0.717) is 12.8 Å². The molecule has 0 bridgehead atoms. The molecule has 0 spiro atoms. The number of aliphatic hydroxyl groups excluding tert-OH is 5. The van der Waals surface area contributed by atoms with Crippen molar-refractivity contribution in [1.29, 1.82) is 0 Å². The molecule has 0 aromatic heterocycles. The number of rotatable bonds is 7. The second kappa shape index (κ2) is 12.3. The Morgan fingerprint density at radius 3 is 2.08 bits per heavy atom. The van der Waals surface area contributed by atoms with Gasteiger partial charge in [0.1, 0.15) is 36.6 Å². The fraction of sp³-hybridized carbons (Fsp3) is 1.00. The molecule has 3 heterocycles. The predicted molar refractivity (Wildman–Crippen MR) is 127 cm³/mol. The molecule has 0 aromatic carbocycles. The van der Waals surface area contributed by atoms with Gasteiger partial charge in [0.2, 0.25) is 0 Å². The number of nitrogens with two attached hydrogens (primary N) is 3. The van der Waals surface area contributed by atoms with Crippen LogP contribution in [0, 0.1) is 0 Å². The third-order valence-electron chi connectivity index (χ3n) is 7.85. The van der Waals surface area contributed by atoms with Gasteiger partial charge in [-0.05, 0) is 33.4 Å². The molecule has 0 aromatic rings. The molecule has 1 aliphatic carbocycles. The van der Waals surface area contributed by atoms with Crippen LogP contribution in [0.15, 0.2) is 0 Å². The molecule has 0 amide bonds. The highest BCUT2D eigenvalue weighted by Gasteiger charge is 2.54. The van der Waals surface area contributed by atoms with E-state index in [2.05, 4.69) is 10.6 Å². The highest BCUT2D eigenvalue weighted by atomic mass is 16.8. The fourth-order valence-corrected chi connectivity index (χ4v) is 5.81. The van der Waals surface area contributed by atoms with Gasteiger partial charge in [0.15, 0.2) is 18.9 Å². The van der Waals surface area contributed by atoms with Crippen LogP contribution in [0.5, 0.6) is 0 Å². The van der Waals surface area contributed by atoms with Gasteiger partial charge in [-0.2, -0.15) is 0 Å². The van der Waals surface area contributed by atoms with Crippen molar-refractivity contribution >= 4 is 0 Å². The summed E-state index contributed by atoms with van der Waals surface area (Å²) in [6, 6.07) is -2.91. The molecule has 4 rings (SSSR count). The van der Waals surface area contributed by atoms with Crippen molar-refractivity contribution < 1.29 is 49.2 Å². The summed E-state index contributed by atoms with van der Waals surface area (Å²) in [6.45, 7) is -0.418. The maximum absolute atomic E-state index is 11.2. The van der Waals surface area contributed by atoms with Gasteiger partial charge in [0, 0.05) is 12.1 Å². The van der Waals surface area contributed by atoms with Crippen molar-refractivity contribution in [2.75, 3.05) is 20.7 Å². The molecule has 0 radical (unpaired) electrons. The quantitative estimate of drug-likeness (QED) is 0.145. The zero-order chi connectivity index (χ0) is 27.0. The topological polar surface area (TPSA) is 249 Å². The van der Waals surface area contributed by atoms with Crippen molar-refractivity contribution in [2.45, 2.75) is 117 Å². The molecule has 4 fully saturated rings. The standard InChI is InChI=1S/C22H43N5O10/c1-26-13-12(6-28)34-22(17(32)15(13)30)37-21-14(27-2)16(31)19-11(33-21)5-9(25)20(36-19)35-18-8(24)3-7(23)4-10(18)29/h7-22,26-32H,3-6,23-25H2,1-2H3/t7-,8?,9?,10-,11+,12?,13-,14?,15+,16?,17?,18-,19?,20+,21?,22-/m1/s1. The zero-order valence-corrected chi connectivity index (χ0v) is 21.1. The summed E-state index contributed by atoms with van der Waals surface area (Å²) >= 11 is 0. The first-order chi connectivity index (χ1) is 17.6. The van der Waals surface area contributed by atoms with E-state index < -0.39 is 98.5 Å². The van der Waals surface area contributed by atoms with Crippen LogP contribution < -0.4 is 27.8 Å². The molecule has 4 aliphatic rings. The second-order valence-corrected chi connectivity index (χ2v) is 10.4. The van der Waals surface area contributed by atoms with E-state index in [-0.39, 0.29) is 12.5 Å². The van der Waals surface area contributed by atoms with Crippen LogP contribution in [0.2, 0.25) is 0 Å². The number of hydrogen-bond donors (Lipinski definition) is 10. The summed E-state index contributed by atoms with van der Waals surface area (Å²) < 4.78 is 29.7. The van der Waals surface area contributed by atoms with Gasteiger partial charge in [-0.1, -0.05) is 0 Å². The van der Waals surface area contributed by atoms with E-state index in [0.717, 1.165) is 0 Å². The van der Waals surface area contributed by atoms with Gasteiger partial charge in [0.25, 0.3) is 0 Å². The SMILES string of the molecule is CNC1C(O[C@H]2OC(CO)[C@@H](NC)[C@H](O)C2O)O[C@H]2CC(N)[C@@H](O[C@@H]3C(N)C[C@@H](N)C[C@H]3O)OC2C1O. The van der Waals surface area contributed by atoms with Crippen LogP contribution in [0.1, 0.15) is 19.3 Å². The van der Waals surface area contributed by atoms with Gasteiger partial charge in [-0.25, -0.2) is 0 Å². The first kappa shape index (κ1) is 29.4. The average molecular weight is 538 g/mol. The molecule has 15 nitrogen and oxygen atoms in total. The van der Waals surface area contributed by atoms with E-state index >= 15 is 0 Å². The van der Waals surface area contributed by atoms with Crippen LogP contribution >= 0.6 is 0 Å². The Morgan fingerprint density at radius 2 is 1.46 bits per heavy atom. The molecule has 13 N–H and O–H groups in total. The molecule has 15 heteroatoms. The van der Waals surface area contributed by atoms with Gasteiger partial charge in [0.05, 0.1) is 36.9 Å². The first-order valence-electron chi connectivity index (χ1n) is 12.8. The Kier molecular flexibility index (Phi) is 9.75. The monoisotopic (exact) mass is 537 g/mol. The number of nitrogens with one attached hydrogen (secondary N) is 2. The van der Waals surface area contributed by atoms with E-state index in [9.17, 15) is 25.5 Å². The number of ether oxygens (including phenoxy) is 5. The third-order valence-corrected chi connectivity index (χ3v) is 7.85. The number of hydrogen-bond acceptors (Lipinski definition) is 15. The molecule has 216 valence electrons. The molecule has 37 heavy (non-hydrogen) atoms. The summed E-state index contributed by atoms with van der Waals surface area (Å²) in [5, 5.41) is 58.1. The molecule has 16 atom stereocenters. The maximum Gasteiger partial charge on any atom is 0.189 e. The largest absolute Gasteiger partial charge is 0.394 e. The average Bonchev–Trinajstić information content (AvgIpc) is 2.84. The third kappa shape index (κ3) is 5.96. The minimum absolute atomic E-state index is 0.221. The first-order valence-corrected chi connectivity index (χ1v) is 12.8. The van der Waals surface area contributed by atoms with E-state index in [4.69, 9.17) is 40.9 Å². The lowest BCUT2D eigenvalue weighted by Gasteiger charge is -2.51. The summed E-state index contributed by atoms with van der Waals surface area (Å²) in [4.78, 5) is 0. The van der Waals surface area contributed by atoms with Crippen LogP contribution in [-0.2, 0) is 23.7 Å². The number of likely N-dealkylation sites (N-methyl/N-ethyl adjacent to an activating group) is 2. The Labute approximate surface area is 215 Å². The Balaban J connectivity index is 1.43. The van der Waals surface area contributed by atoms with Crippen LogP contribution in [0.4, 0.5) is 0 Å². The van der Waals surface area contributed by atoms with Gasteiger partial charge >= 0.3 is 0 Å². The van der Waals surface area contributed by atoms with Crippen molar-refractivity contribution in [2.24, 2.45) is 17.2 Å². The van der Waals surface area contributed by atoms with Gasteiger partial charge < -0.3 is 77.1 Å². The fourth-order valence-electron chi connectivity index (χ4n) is 5.81. The molecule has 3 saturated heterocycles. The van der Waals surface area contributed by atoms with E-state index in [1.807, 2.05) is 0 Å². The Morgan fingerprint density at radius 1 is 0.757 bits per heavy atom. The van der Waals surface area contributed by atoms with Crippen molar-refractivity contribution in [1.82, 2.24) is 10.6 Å². The molecular formula is C22H43N5O10. The van der Waals surface area contributed by atoms with Crippen LogP contribution in [0.25, 0.3) is 0 Å². The summed E-state index contributed by atoms with van der Waals surface area (Å²) in [6.07, 6.45) is -10.2. The smallest absolute Gasteiger partial charge is 0.189 e. The van der Waals surface area contributed by atoms with E-state index in [1.165, 1.54) is 0 Å². The minimum Gasteiger partial charge on any atom is -0.394 e. The lowest BCUT2D eigenvalue weighted by Crippen LogP contribution is -2.70. The van der Waals surface area contributed by atoms with Gasteiger partial charge in [-0.15, -0.1) is 0 Å². The molecular weight excluding hydrogens is 494 g/mol. The summed E-state index contributed by atoms with van der Waals surface area (Å²) in [5.74, 6) is 0. The van der Waals surface area contributed by atoms with E-state index in [1.54, 1.807) is 14.1 Å². The highest BCUT2D eigenvalue weighted by molar-refractivity contribution is 5.00. The predicted octanol–water partition coefficient (Wildman–Crippen LogP) is -5.66. The second-order valence-electron chi connectivity index (χ2n) is 10.4. The van der Waals surface area contributed by atoms with Crippen molar-refractivity contribution in [3.8, 4) is 0 Å². The van der Waals surface area contributed by atoms with Crippen LogP contribution in [-0.4, -0.2) is 144 Å². The molecule has 1 saturated carbocycles. The maximum atomic E-state index is 11.2. The lowest BCUT2D eigenvalue weighted by atomic mass is 9.86. The highest BCUT2D eigenvalue weighted by Crippen LogP contribution is 2.35. The molecule has 3 aliphatic heterocycles. The van der Waals surface area contributed by atoms with Gasteiger partial charge in [-0.3, -0.25) is 0 Å². The number of aliphatic hydroxyl groups is 5. The number of fused-ring (bicyclic) bond motifs is 1. The zero-order valence-electron chi connectivity index (χ0n) is 21.1. The van der Waals surface area contributed by atoms with Crippen molar-refractivity contribution in [3.05, 3.63) is 0 Å². The van der Waals surface area contributed by atoms with Crippen molar-refractivity contribution in [3.63, 3.8) is 0 Å².